The summed E-state index contributed by atoms with van der Waals surface area (Å²) >= 11 is 0. The quantitative estimate of drug-likeness (QED) is 0.811. The molecule has 7 nitrogen and oxygen atoms in total. The van der Waals surface area contributed by atoms with Crippen molar-refractivity contribution in [3.63, 3.8) is 0 Å². The fourth-order valence-corrected chi connectivity index (χ4v) is 4.97. The Morgan fingerprint density at radius 1 is 1.25 bits per heavy atom. The third-order valence-corrected chi connectivity index (χ3v) is 6.63. The molecule has 4 heterocycles. The number of pyridine rings is 1. The Bertz CT molecular complexity index is 849. The lowest BCUT2D eigenvalue weighted by Crippen LogP contribution is -2.39. The van der Waals surface area contributed by atoms with Gasteiger partial charge in [-0.1, -0.05) is 6.07 Å². The summed E-state index contributed by atoms with van der Waals surface area (Å²) in [6.07, 6.45) is 10.3. The molecule has 3 aliphatic rings. The van der Waals surface area contributed by atoms with Gasteiger partial charge in [0.25, 0.3) is 0 Å². The van der Waals surface area contributed by atoms with E-state index in [1.165, 1.54) is 12.8 Å². The third kappa shape index (κ3) is 3.22. The number of aliphatic hydroxyl groups is 1. The monoisotopic (exact) mass is 381 g/mol. The Morgan fingerprint density at radius 3 is 2.86 bits per heavy atom. The minimum Gasteiger partial charge on any atom is -0.396 e. The predicted octanol–water partition coefficient (Wildman–Crippen LogP) is 1.11. The number of likely N-dealkylation sites (tertiary alicyclic amines) is 2. The van der Waals surface area contributed by atoms with Crippen LogP contribution < -0.4 is 0 Å². The molecular formula is C21H27N5O2. The van der Waals surface area contributed by atoms with Gasteiger partial charge in [-0.15, -0.1) is 0 Å². The molecule has 0 unspecified atom stereocenters. The summed E-state index contributed by atoms with van der Waals surface area (Å²) in [5.74, 6) is 1.57. The summed E-state index contributed by atoms with van der Waals surface area (Å²) < 4.78 is 2.31. The van der Waals surface area contributed by atoms with Gasteiger partial charge in [0.15, 0.2) is 0 Å². The number of imidazole rings is 1. The number of carbonyl (C=O) groups is 1. The number of amides is 1. The van der Waals surface area contributed by atoms with E-state index in [4.69, 9.17) is 0 Å². The van der Waals surface area contributed by atoms with Crippen molar-refractivity contribution in [2.24, 2.45) is 11.3 Å². The van der Waals surface area contributed by atoms with E-state index in [0.29, 0.717) is 24.9 Å². The number of aromatic nitrogens is 3. The lowest BCUT2D eigenvalue weighted by Gasteiger charge is -2.27. The summed E-state index contributed by atoms with van der Waals surface area (Å²) in [5.41, 5.74) is 0.734. The standard InChI is InChI=1S/C21H27N5O2/c27-15-21-13-24(12-19-23-6-7-26(19)18-3-4-18)10-17(21)11-25(14-21)20(28)8-16-2-1-5-22-9-16/h1-2,5-7,9,17-18,27H,3-4,8,10-15H2/t17-,21+/m0/s1. The fraction of sp³-hybridized carbons (Fsp3) is 0.571. The summed E-state index contributed by atoms with van der Waals surface area (Å²) in [4.78, 5) is 25.8. The fourth-order valence-electron chi connectivity index (χ4n) is 4.97. The number of rotatable bonds is 6. The van der Waals surface area contributed by atoms with Gasteiger partial charge in [-0.25, -0.2) is 4.98 Å². The number of carbonyl (C=O) groups excluding carboxylic acids is 1. The number of hydrogen-bond acceptors (Lipinski definition) is 5. The van der Waals surface area contributed by atoms with Crippen LogP contribution in [-0.2, 0) is 17.8 Å². The average Bonchev–Trinajstić information content (AvgIpc) is 3.19. The lowest BCUT2D eigenvalue weighted by molar-refractivity contribution is -0.130. The maximum absolute atomic E-state index is 12.8. The van der Waals surface area contributed by atoms with E-state index in [-0.39, 0.29) is 17.9 Å². The normalized spacial score (nSPS) is 27.3. The van der Waals surface area contributed by atoms with Crippen LogP contribution in [0.4, 0.5) is 0 Å². The van der Waals surface area contributed by atoms with Crippen molar-refractivity contribution in [3.8, 4) is 0 Å². The van der Waals surface area contributed by atoms with E-state index >= 15 is 0 Å². The van der Waals surface area contributed by atoms with Gasteiger partial charge in [-0.2, -0.15) is 0 Å². The van der Waals surface area contributed by atoms with Crippen molar-refractivity contribution in [2.75, 3.05) is 32.8 Å². The zero-order valence-electron chi connectivity index (χ0n) is 16.1. The number of aliphatic hydroxyl groups excluding tert-OH is 1. The van der Waals surface area contributed by atoms with E-state index in [0.717, 1.165) is 37.6 Å². The zero-order chi connectivity index (χ0) is 19.1. The molecule has 7 heteroatoms. The van der Waals surface area contributed by atoms with Crippen LogP contribution in [0.2, 0.25) is 0 Å². The van der Waals surface area contributed by atoms with Gasteiger partial charge in [0.1, 0.15) is 5.82 Å². The van der Waals surface area contributed by atoms with Gasteiger partial charge >= 0.3 is 0 Å². The second-order valence-corrected chi connectivity index (χ2v) is 8.68. The van der Waals surface area contributed by atoms with E-state index in [1.54, 1.807) is 12.4 Å². The molecule has 2 aromatic rings. The Morgan fingerprint density at radius 2 is 2.14 bits per heavy atom. The second kappa shape index (κ2) is 6.97. The van der Waals surface area contributed by atoms with Gasteiger partial charge in [0.2, 0.25) is 5.91 Å². The first-order chi connectivity index (χ1) is 13.7. The third-order valence-electron chi connectivity index (χ3n) is 6.63. The molecule has 0 spiro atoms. The van der Waals surface area contributed by atoms with Crippen LogP contribution in [0.25, 0.3) is 0 Å². The van der Waals surface area contributed by atoms with Gasteiger partial charge in [-0.05, 0) is 30.4 Å². The molecule has 1 aliphatic carbocycles. The Kier molecular flexibility index (Phi) is 4.44. The molecular weight excluding hydrogens is 354 g/mol. The van der Waals surface area contributed by atoms with Crippen LogP contribution in [-0.4, -0.2) is 68.1 Å². The number of fused-ring (bicyclic) bond motifs is 1. The summed E-state index contributed by atoms with van der Waals surface area (Å²) in [7, 11) is 0. The summed E-state index contributed by atoms with van der Waals surface area (Å²) in [6.45, 7) is 4.05. The van der Waals surface area contributed by atoms with Crippen molar-refractivity contribution >= 4 is 5.91 Å². The van der Waals surface area contributed by atoms with Gasteiger partial charge < -0.3 is 14.6 Å². The van der Waals surface area contributed by atoms with Crippen LogP contribution in [0, 0.1) is 11.3 Å². The molecule has 1 saturated carbocycles. The maximum Gasteiger partial charge on any atom is 0.227 e. The first-order valence-electron chi connectivity index (χ1n) is 10.2. The van der Waals surface area contributed by atoms with E-state index < -0.39 is 0 Å². The van der Waals surface area contributed by atoms with Crippen molar-refractivity contribution in [1.82, 2.24) is 24.3 Å². The first kappa shape index (κ1) is 17.8. The van der Waals surface area contributed by atoms with Crippen LogP contribution >= 0.6 is 0 Å². The molecule has 28 heavy (non-hydrogen) atoms. The highest BCUT2D eigenvalue weighted by atomic mass is 16.3. The SMILES string of the molecule is O=C(Cc1cccnc1)N1C[C@@H]2CN(Cc3nccn3C3CC3)C[C@]2(CO)C1. The van der Waals surface area contributed by atoms with Crippen molar-refractivity contribution in [2.45, 2.75) is 31.8 Å². The molecule has 2 aromatic heterocycles. The van der Waals surface area contributed by atoms with Crippen molar-refractivity contribution in [3.05, 3.63) is 48.3 Å². The van der Waals surface area contributed by atoms with E-state index in [1.807, 2.05) is 23.2 Å². The smallest absolute Gasteiger partial charge is 0.227 e. The average molecular weight is 381 g/mol. The van der Waals surface area contributed by atoms with Gasteiger partial charge in [0.05, 0.1) is 19.6 Å². The molecule has 0 aromatic carbocycles. The highest BCUT2D eigenvalue weighted by Crippen LogP contribution is 2.43. The Balaban J connectivity index is 1.23. The minimum absolute atomic E-state index is 0.127. The molecule has 5 rings (SSSR count). The molecule has 0 bridgehead atoms. The van der Waals surface area contributed by atoms with E-state index in [2.05, 4.69) is 25.6 Å². The topological polar surface area (TPSA) is 74.5 Å². The largest absolute Gasteiger partial charge is 0.396 e. The Hall–Kier alpha value is -2.25. The van der Waals surface area contributed by atoms with Crippen molar-refractivity contribution < 1.29 is 9.90 Å². The van der Waals surface area contributed by atoms with Crippen molar-refractivity contribution in [1.29, 1.82) is 0 Å². The highest BCUT2D eigenvalue weighted by Gasteiger charge is 2.53. The molecule has 3 fully saturated rings. The molecule has 0 radical (unpaired) electrons. The van der Waals surface area contributed by atoms with Gasteiger partial charge in [-0.3, -0.25) is 14.7 Å². The molecule has 2 atom stereocenters. The number of nitrogens with zero attached hydrogens (tertiary/aromatic N) is 5. The zero-order valence-corrected chi connectivity index (χ0v) is 16.1. The van der Waals surface area contributed by atoms with Crippen LogP contribution in [0.1, 0.15) is 30.3 Å². The second-order valence-electron chi connectivity index (χ2n) is 8.68. The first-order valence-corrected chi connectivity index (χ1v) is 10.2. The van der Waals surface area contributed by atoms with Crippen LogP contribution in [0.3, 0.4) is 0 Å². The minimum atomic E-state index is -0.207. The molecule has 1 amide bonds. The Labute approximate surface area is 165 Å². The van der Waals surface area contributed by atoms with Crippen LogP contribution in [0.15, 0.2) is 36.9 Å². The molecule has 1 N–H and O–H groups in total. The van der Waals surface area contributed by atoms with E-state index in [9.17, 15) is 9.90 Å². The maximum atomic E-state index is 12.8. The summed E-state index contributed by atoms with van der Waals surface area (Å²) in [5, 5.41) is 10.2. The predicted molar refractivity (Wildman–Crippen MR) is 103 cm³/mol. The lowest BCUT2D eigenvalue weighted by atomic mass is 9.82. The molecule has 2 aliphatic heterocycles. The molecule has 2 saturated heterocycles. The molecule has 148 valence electrons. The highest BCUT2D eigenvalue weighted by molar-refractivity contribution is 5.79. The summed E-state index contributed by atoms with van der Waals surface area (Å²) in [6, 6.07) is 4.43. The van der Waals surface area contributed by atoms with Crippen LogP contribution in [0.5, 0.6) is 0 Å². The van der Waals surface area contributed by atoms with Gasteiger partial charge in [0, 0.05) is 62.4 Å². The number of hydrogen-bond donors (Lipinski definition) is 1.